The predicted molar refractivity (Wildman–Crippen MR) is 112 cm³/mol. The van der Waals surface area contributed by atoms with E-state index in [-0.39, 0.29) is 34.7 Å². The summed E-state index contributed by atoms with van der Waals surface area (Å²) in [6, 6.07) is 14.0. The Hall–Kier alpha value is -2.27. The van der Waals surface area contributed by atoms with Crippen molar-refractivity contribution in [2.75, 3.05) is 13.1 Å². The number of piperidine rings is 1. The molecule has 1 unspecified atom stereocenters. The first kappa shape index (κ1) is 22.4. The first-order chi connectivity index (χ1) is 14.1. The van der Waals surface area contributed by atoms with E-state index in [9.17, 15) is 21.6 Å². The summed E-state index contributed by atoms with van der Waals surface area (Å²) < 4.78 is 49.9. The fraction of sp³-hybridized carbons (Fsp3) is 0.350. The van der Waals surface area contributed by atoms with Crippen molar-refractivity contribution in [3.63, 3.8) is 0 Å². The van der Waals surface area contributed by atoms with Gasteiger partial charge in [-0.05, 0) is 49.6 Å². The van der Waals surface area contributed by atoms with E-state index in [2.05, 4.69) is 5.32 Å². The number of nitrogens with two attached hydrogens (primary N) is 1. The van der Waals surface area contributed by atoms with Crippen molar-refractivity contribution in [2.24, 2.45) is 11.1 Å². The molecule has 0 aromatic heterocycles. The second kappa shape index (κ2) is 8.84. The van der Waals surface area contributed by atoms with Crippen LogP contribution in [0.2, 0.25) is 0 Å². The number of hydrogen-bond acceptors (Lipinski definition) is 5. The van der Waals surface area contributed by atoms with Crippen molar-refractivity contribution in [3.05, 3.63) is 60.2 Å². The van der Waals surface area contributed by atoms with Crippen LogP contribution in [0.25, 0.3) is 0 Å². The van der Waals surface area contributed by atoms with Crippen molar-refractivity contribution < 1.29 is 21.6 Å². The summed E-state index contributed by atoms with van der Waals surface area (Å²) in [4.78, 5) is 12.9. The molecule has 1 saturated heterocycles. The first-order valence-electron chi connectivity index (χ1n) is 9.57. The van der Waals surface area contributed by atoms with Gasteiger partial charge in [0.25, 0.3) is 0 Å². The fourth-order valence-corrected chi connectivity index (χ4v) is 5.53. The lowest BCUT2D eigenvalue weighted by atomic mass is 9.96. The number of nitrogens with one attached hydrogen (secondary N) is 1. The van der Waals surface area contributed by atoms with Crippen molar-refractivity contribution in [2.45, 2.75) is 35.6 Å². The molecule has 0 bridgehead atoms. The van der Waals surface area contributed by atoms with E-state index in [1.807, 2.05) is 0 Å². The van der Waals surface area contributed by atoms with Gasteiger partial charge < -0.3 is 5.32 Å². The molecular weight excluding hydrogens is 426 g/mol. The van der Waals surface area contributed by atoms with Crippen molar-refractivity contribution in [1.29, 1.82) is 0 Å². The molecule has 3 N–H and O–H groups in total. The van der Waals surface area contributed by atoms with Gasteiger partial charge in [-0.2, -0.15) is 4.31 Å². The Kier molecular flexibility index (Phi) is 6.61. The van der Waals surface area contributed by atoms with Crippen LogP contribution in [0.5, 0.6) is 0 Å². The maximum Gasteiger partial charge on any atom is 0.243 e. The Morgan fingerprint density at radius 3 is 2.20 bits per heavy atom. The van der Waals surface area contributed by atoms with Crippen LogP contribution in [0.15, 0.2) is 64.4 Å². The number of rotatable bonds is 6. The standard InChI is InChI=1S/C20H25N3O5S2/c1-15(17-6-5-9-19(14-17)29(21,25)26)22-20(24)16-10-12-23(13-11-16)30(27,28)18-7-3-2-4-8-18/h2-9,14-16H,10-13H2,1H3,(H,22,24)(H2,21,25,26). The smallest absolute Gasteiger partial charge is 0.243 e. The normalized spacial score (nSPS) is 17.4. The molecule has 162 valence electrons. The van der Waals surface area contributed by atoms with E-state index in [0.717, 1.165) is 0 Å². The third kappa shape index (κ3) is 5.07. The summed E-state index contributed by atoms with van der Waals surface area (Å²) in [5, 5.41) is 8.05. The molecule has 1 aliphatic heterocycles. The fourth-order valence-electron chi connectivity index (χ4n) is 3.48. The van der Waals surface area contributed by atoms with Gasteiger partial charge in [-0.25, -0.2) is 22.0 Å². The second-order valence-corrected chi connectivity index (χ2v) is 10.8. The minimum absolute atomic E-state index is 0.0134. The largest absolute Gasteiger partial charge is 0.349 e. The molecule has 1 atom stereocenters. The molecule has 1 heterocycles. The van der Waals surface area contributed by atoms with Gasteiger partial charge in [0.1, 0.15) is 0 Å². The Labute approximate surface area is 177 Å². The molecule has 10 heteroatoms. The molecule has 8 nitrogen and oxygen atoms in total. The Bertz CT molecular complexity index is 1110. The maximum atomic E-state index is 12.7. The number of benzene rings is 2. The molecule has 2 aromatic carbocycles. The Morgan fingerprint density at radius 1 is 1.00 bits per heavy atom. The molecule has 2 aromatic rings. The topological polar surface area (TPSA) is 127 Å². The maximum absolute atomic E-state index is 12.7. The number of sulfonamides is 2. The monoisotopic (exact) mass is 451 g/mol. The predicted octanol–water partition coefficient (Wildman–Crippen LogP) is 1.61. The number of carbonyl (C=O) groups is 1. The highest BCUT2D eigenvalue weighted by Gasteiger charge is 2.32. The van der Waals surface area contributed by atoms with Gasteiger partial charge >= 0.3 is 0 Å². The highest BCUT2D eigenvalue weighted by molar-refractivity contribution is 7.89. The van der Waals surface area contributed by atoms with E-state index in [4.69, 9.17) is 5.14 Å². The van der Waals surface area contributed by atoms with Crippen molar-refractivity contribution in [1.82, 2.24) is 9.62 Å². The van der Waals surface area contributed by atoms with Crippen LogP contribution in [-0.4, -0.2) is 40.1 Å². The molecule has 30 heavy (non-hydrogen) atoms. The van der Waals surface area contributed by atoms with Gasteiger partial charge in [0, 0.05) is 19.0 Å². The SMILES string of the molecule is CC(NC(=O)C1CCN(S(=O)(=O)c2ccccc2)CC1)c1cccc(S(N)(=O)=O)c1. The summed E-state index contributed by atoms with van der Waals surface area (Å²) in [6.45, 7) is 2.30. The summed E-state index contributed by atoms with van der Waals surface area (Å²) >= 11 is 0. The molecule has 0 saturated carbocycles. The van der Waals surface area contributed by atoms with E-state index in [0.29, 0.717) is 18.4 Å². The Balaban J connectivity index is 1.61. The van der Waals surface area contributed by atoms with Gasteiger partial charge in [-0.3, -0.25) is 4.79 Å². The van der Waals surface area contributed by atoms with Crippen LogP contribution in [-0.2, 0) is 24.8 Å². The van der Waals surface area contributed by atoms with Crippen LogP contribution in [0.1, 0.15) is 31.4 Å². The summed E-state index contributed by atoms with van der Waals surface area (Å²) in [5.74, 6) is -0.489. The van der Waals surface area contributed by atoms with E-state index >= 15 is 0 Å². The minimum Gasteiger partial charge on any atom is -0.349 e. The van der Waals surface area contributed by atoms with Gasteiger partial charge in [-0.1, -0.05) is 30.3 Å². The lowest BCUT2D eigenvalue weighted by molar-refractivity contribution is -0.126. The number of hydrogen-bond donors (Lipinski definition) is 2. The average molecular weight is 452 g/mol. The van der Waals surface area contributed by atoms with Gasteiger partial charge in [0.05, 0.1) is 15.8 Å². The second-order valence-electron chi connectivity index (χ2n) is 7.34. The molecule has 0 radical (unpaired) electrons. The first-order valence-corrected chi connectivity index (χ1v) is 12.6. The zero-order chi connectivity index (χ0) is 21.9. The zero-order valence-corrected chi connectivity index (χ0v) is 18.2. The number of primary sulfonamides is 1. The lowest BCUT2D eigenvalue weighted by Crippen LogP contribution is -2.43. The summed E-state index contributed by atoms with van der Waals surface area (Å²) in [7, 11) is -7.39. The van der Waals surface area contributed by atoms with Gasteiger partial charge in [0.15, 0.2) is 0 Å². The van der Waals surface area contributed by atoms with Crippen LogP contribution in [0.3, 0.4) is 0 Å². The van der Waals surface area contributed by atoms with Crippen LogP contribution < -0.4 is 10.5 Å². The summed E-state index contributed by atoms with van der Waals surface area (Å²) in [6.07, 6.45) is 0.837. The number of nitrogens with zero attached hydrogens (tertiary/aromatic N) is 1. The highest BCUT2D eigenvalue weighted by atomic mass is 32.2. The third-order valence-corrected chi connectivity index (χ3v) is 8.07. The Morgan fingerprint density at radius 2 is 1.60 bits per heavy atom. The molecule has 0 aliphatic carbocycles. The molecule has 3 rings (SSSR count). The average Bonchev–Trinajstić information content (AvgIpc) is 2.74. The number of carbonyl (C=O) groups excluding carboxylic acids is 1. The summed E-state index contributed by atoms with van der Waals surface area (Å²) in [5.41, 5.74) is 0.624. The van der Waals surface area contributed by atoms with Crippen molar-refractivity contribution in [3.8, 4) is 0 Å². The quantitative estimate of drug-likeness (QED) is 0.690. The number of amides is 1. The highest BCUT2D eigenvalue weighted by Crippen LogP contribution is 2.25. The van der Waals surface area contributed by atoms with Crippen LogP contribution in [0, 0.1) is 5.92 Å². The molecular formula is C20H25N3O5S2. The lowest BCUT2D eigenvalue weighted by Gasteiger charge is -2.31. The molecule has 1 amide bonds. The third-order valence-electron chi connectivity index (χ3n) is 5.25. The zero-order valence-electron chi connectivity index (χ0n) is 16.6. The van der Waals surface area contributed by atoms with E-state index in [1.54, 1.807) is 49.4 Å². The molecule has 1 aliphatic rings. The minimum atomic E-state index is -3.83. The van der Waals surface area contributed by atoms with E-state index < -0.39 is 26.1 Å². The van der Waals surface area contributed by atoms with Crippen LogP contribution >= 0.6 is 0 Å². The van der Waals surface area contributed by atoms with Gasteiger partial charge in [0.2, 0.25) is 26.0 Å². The molecule has 0 spiro atoms. The van der Waals surface area contributed by atoms with Crippen molar-refractivity contribution >= 4 is 26.0 Å². The van der Waals surface area contributed by atoms with Gasteiger partial charge in [-0.15, -0.1) is 0 Å². The molecule has 1 fully saturated rings. The van der Waals surface area contributed by atoms with E-state index in [1.165, 1.54) is 16.4 Å². The van der Waals surface area contributed by atoms with Crippen LogP contribution in [0.4, 0.5) is 0 Å².